The van der Waals surface area contributed by atoms with Crippen LogP contribution in [0.25, 0.3) is 0 Å². The van der Waals surface area contributed by atoms with Crippen molar-refractivity contribution in [1.29, 1.82) is 0 Å². The maximum Gasteiger partial charge on any atom is 0.257 e. The minimum atomic E-state index is 0. The number of rotatable bonds is 3. The summed E-state index contributed by atoms with van der Waals surface area (Å²) >= 11 is 0. The van der Waals surface area contributed by atoms with Crippen LogP contribution in [0.4, 0.5) is 0 Å². The average Bonchev–Trinajstić information content (AvgIpc) is 3.16. The third kappa shape index (κ3) is 3.01. The molecule has 1 spiro atoms. The molecule has 122 valence electrons. The maximum atomic E-state index is 12.8. The molecule has 5 nitrogen and oxygen atoms in total. The Balaban J connectivity index is 0.00000176. The fraction of sp³-hybridized carbons (Fsp3) is 0.562. The molecule has 0 bridgehead atoms. The van der Waals surface area contributed by atoms with E-state index in [2.05, 4.69) is 5.32 Å². The van der Waals surface area contributed by atoms with Crippen LogP contribution in [0.15, 0.2) is 18.2 Å². The maximum absolute atomic E-state index is 12.8. The van der Waals surface area contributed by atoms with Crippen molar-refractivity contribution in [2.45, 2.75) is 12.8 Å². The SMILES string of the molecule is COc1ccc(C(=O)N2CCC3(CCNC3)C2)c(OC)c1.Cl. The van der Waals surface area contributed by atoms with E-state index in [9.17, 15) is 4.79 Å². The zero-order chi connectivity index (χ0) is 14.9. The molecule has 22 heavy (non-hydrogen) atoms. The van der Waals surface area contributed by atoms with E-state index in [1.54, 1.807) is 32.4 Å². The Hall–Kier alpha value is -1.46. The van der Waals surface area contributed by atoms with E-state index in [1.807, 2.05) is 4.90 Å². The van der Waals surface area contributed by atoms with Crippen LogP contribution in [-0.4, -0.2) is 51.2 Å². The highest BCUT2D eigenvalue weighted by molar-refractivity contribution is 5.97. The zero-order valence-electron chi connectivity index (χ0n) is 13.1. The normalized spacial score (nSPS) is 23.5. The third-order valence-electron chi connectivity index (χ3n) is 4.70. The number of nitrogens with zero attached hydrogens (tertiary/aromatic N) is 1. The number of likely N-dealkylation sites (tertiary alicyclic amines) is 1. The second-order valence-electron chi connectivity index (χ2n) is 5.97. The van der Waals surface area contributed by atoms with Gasteiger partial charge in [0.05, 0.1) is 19.8 Å². The molecule has 3 rings (SSSR count). The summed E-state index contributed by atoms with van der Waals surface area (Å²) in [5.41, 5.74) is 0.899. The van der Waals surface area contributed by atoms with Gasteiger partial charge in [0.1, 0.15) is 11.5 Å². The molecule has 1 unspecified atom stereocenters. The molecule has 0 aromatic heterocycles. The standard InChI is InChI=1S/C16H22N2O3.ClH/c1-20-12-3-4-13(14(9-12)21-2)15(19)18-8-6-16(11-18)5-7-17-10-16;/h3-4,9,17H,5-8,10-11H2,1-2H3;1H. The lowest BCUT2D eigenvalue weighted by molar-refractivity contribution is 0.0772. The van der Waals surface area contributed by atoms with Crippen LogP contribution in [0.2, 0.25) is 0 Å². The van der Waals surface area contributed by atoms with Gasteiger partial charge in [-0.05, 0) is 31.5 Å². The number of ether oxygens (including phenoxy) is 2. The van der Waals surface area contributed by atoms with Crippen molar-refractivity contribution in [3.63, 3.8) is 0 Å². The summed E-state index contributed by atoms with van der Waals surface area (Å²) in [6.45, 7) is 3.76. The van der Waals surface area contributed by atoms with Gasteiger partial charge in [-0.3, -0.25) is 4.79 Å². The predicted molar refractivity (Wildman–Crippen MR) is 87.2 cm³/mol. The second kappa shape index (κ2) is 6.75. The van der Waals surface area contributed by atoms with E-state index in [0.29, 0.717) is 17.1 Å². The first-order valence-corrected chi connectivity index (χ1v) is 7.39. The minimum Gasteiger partial charge on any atom is -0.497 e. The number of hydrogen-bond acceptors (Lipinski definition) is 4. The molecule has 0 aliphatic carbocycles. The molecule has 1 atom stereocenters. The van der Waals surface area contributed by atoms with Crippen molar-refractivity contribution in [1.82, 2.24) is 10.2 Å². The number of carbonyl (C=O) groups excluding carboxylic acids is 1. The van der Waals surface area contributed by atoms with Gasteiger partial charge in [-0.1, -0.05) is 0 Å². The van der Waals surface area contributed by atoms with Gasteiger partial charge in [0.15, 0.2) is 0 Å². The molecule has 2 aliphatic heterocycles. The first-order valence-electron chi connectivity index (χ1n) is 7.39. The van der Waals surface area contributed by atoms with Crippen LogP contribution in [0.3, 0.4) is 0 Å². The van der Waals surface area contributed by atoms with E-state index < -0.39 is 0 Å². The lowest BCUT2D eigenvalue weighted by Gasteiger charge is -2.23. The smallest absolute Gasteiger partial charge is 0.257 e. The minimum absolute atomic E-state index is 0. The van der Waals surface area contributed by atoms with Crippen LogP contribution < -0.4 is 14.8 Å². The summed E-state index contributed by atoms with van der Waals surface area (Å²) in [6.07, 6.45) is 2.25. The Morgan fingerprint density at radius 2 is 2.09 bits per heavy atom. The van der Waals surface area contributed by atoms with Gasteiger partial charge in [-0.15, -0.1) is 12.4 Å². The fourth-order valence-electron chi connectivity index (χ4n) is 3.40. The Bertz CT molecular complexity index is 544. The van der Waals surface area contributed by atoms with E-state index in [4.69, 9.17) is 9.47 Å². The second-order valence-corrected chi connectivity index (χ2v) is 5.97. The first kappa shape index (κ1) is 16.9. The van der Waals surface area contributed by atoms with Crippen molar-refractivity contribution in [3.05, 3.63) is 23.8 Å². The fourth-order valence-corrected chi connectivity index (χ4v) is 3.40. The van der Waals surface area contributed by atoms with Gasteiger partial charge in [-0.2, -0.15) is 0 Å². The largest absolute Gasteiger partial charge is 0.497 e. The highest BCUT2D eigenvalue weighted by Gasteiger charge is 2.42. The molecule has 0 saturated carbocycles. The van der Waals surface area contributed by atoms with Crippen molar-refractivity contribution < 1.29 is 14.3 Å². The predicted octanol–water partition coefficient (Wildman–Crippen LogP) is 1.95. The van der Waals surface area contributed by atoms with Gasteiger partial charge in [-0.25, -0.2) is 0 Å². The summed E-state index contributed by atoms with van der Waals surface area (Å²) in [6, 6.07) is 5.35. The number of carbonyl (C=O) groups is 1. The Morgan fingerprint density at radius 3 is 2.73 bits per heavy atom. The van der Waals surface area contributed by atoms with Crippen LogP contribution in [0.1, 0.15) is 23.2 Å². The molecule has 1 N–H and O–H groups in total. The summed E-state index contributed by atoms with van der Waals surface area (Å²) in [5, 5.41) is 3.41. The van der Waals surface area contributed by atoms with E-state index in [1.165, 1.54) is 0 Å². The number of amides is 1. The van der Waals surface area contributed by atoms with Crippen molar-refractivity contribution in [2.24, 2.45) is 5.41 Å². The van der Waals surface area contributed by atoms with Gasteiger partial charge in [0.25, 0.3) is 5.91 Å². The van der Waals surface area contributed by atoms with Crippen LogP contribution in [-0.2, 0) is 0 Å². The first-order chi connectivity index (χ1) is 10.2. The summed E-state index contributed by atoms with van der Waals surface area (Å²) in [4.78, 5) is 14.7. The molecule has 2 saturated heterocycles. The Morgan fingerprint density at radius 1 is 1.27 bits per heavy atom. The quantitative estimate of drug-likeness (QED) is 0.922. The molecule has 0 radical (unpaired) electrons. The number of halogens is 1. The highest BCUT2D eigenvalue weighted by atomic mass is 35.5. The summed E-state index contributed by atoms with van der Waals surface area (Å²) in [5.74, 6) is 1.32. The van der Waals surface area contributed by atoms with Crippen molar-refractivity contribution in [2.75, 3.05) is 40.4 Å². The molecule has 6 heteroatoms. The number of benzene rings is 1. The van der Waals surface area contributed by atoms with Crippen LogP contribution in [0, 0.1) is 5.41 Å². The molecule has 2 heterocycles. The Kier molecular flexibility index (Phi) is 5.19. The highest BCUT2D eigenvalue weighted by Crippen LogP contribution is 2.37. The number of nitrogens with one attached hydrogen (secondary N) is 1. The monoisotopic (exact) mass is 326 g/mol. The molecular weight excluding hydrogens is 304 g/mol. The molecule has 2 fully saturated rings. The molecule has 1 amide bonds. The molecule has 1 aromatic rings. The topological polar surface area (TPSA) is 50.8 Å². The van der Waals surface area contributed by atoms with Gasteiger partial charge < -0.3 is 19.7 Å². The number of hydrogen-bond donors (Lipinski definition) is 1. The van der Waals surface area contributed by atoms with E-state index >= 15 is 0 Å². The van der Waals surface area contributed by atoms with Gasteiger partial charge in [0.2, 0.25) is 0 Å². The third-order valence-corrected chi connectivity index (χ3v) is 4.70. The zero-order valence-corrected chi connectivity index (χ0v) is 13.9. The lowest BCUT2D eigenvalue weighted by Crippen LogP contribution is -2.33. The summed E-state index contributed by atoms with van der Waals surface area (Å²) < 4.78 is 10.5. The van der Waals surface area contributed by atoms with E-state index in [0.717, 1.165) is 39.0 Å². The number of methoxy groups -OCH3 is 2. The van der Waals surface area contributed by atoms with Crippen LogP contribution in [0.5, 0.6) is 11.5 Å². The van der Waals surface area contributed by atoms with Crippen molar-refractivity contribution in [3.8, 4) is 11.5 Å². The molecular formula is C16H23ClN2O3. The van der Waals surface area contributed by atoms with Crippen LogP contribution >= 0.6 is 12.4 Å². The Labute approximate surface area is 137 Å². The molecule has 1 aromatic carbocycles. The summed E-state index contributed by atoms with van der Waals surface area (Å²) in [7, 11) is 3.19. The lowest BCUT2D eigenvalue weighted by atomic mass is 9.86. The average molecular weight is 327 g/mol. The van der Waals surface area contributed by atoms with Crippen molar-refractivity contribution >= 4 is 18.3 Å². The molecule has 2 aliphatic rings. The van der Waals surface area contributed by atoms with Gasteiger partial charge >= 0.3 is 0 Å². The van der Waals surface area contributed by atoms with E-state index in [-0.39, 0.29) is 23.7 Å². The van der Waals surface area contributed by atoms with Gasteiger partial charge in [0, 0.05) is 31.1 Å².